The fraction of sp³-hybridized carbons (Fsp3) is 0.615. The van der Waals surface area contributed by atoms with Crippen LogP contribution in [0.4, 0.5) is 5.69 Å². The topological polar surface area (TPSA) is 57.4 Å². The van der Waals surface area contributed by atoms with Crippen LogP contribution < -0.4 is 5.73 Å². The Balaban J connectivity index is 1.71. The maximum Gasteiger partial charge on any atom is 0.168 e. The number of aromatic nitrogens is 1. The summed E-state index contributed by atoms with van der Waals surface area (Å²) in [5.74, 6) is 0.218. The smallest absolute Gasteiger partial charge is 0.168 e. The van der Waals surface area contributed by atoms with E-state index in [1.54, 1.807) is 6.20 Å². The lowest BCUT2D eigenvalue weighted by Crippen LogP contribution is -2.34. The fourth-order valence-electron chi connectivity index (χ4n) is 2.91. The van der Waals surface area contributed by atoms with E-state index in [1.165, 1.54) is 5.56 Å². The van der Waals surface area contributed by atoms with E-state index in [9.17, 15) is 0 Å². The second-order valence-electron chi connectivity index (χ2n) is 4.89. The normalized spacial score (nSPS) is 24.2. The van der Waals surface area contributed by atoms with Crippen molar-refractivity contribution in [2.24, 2.45) is 0 Å². The van der Waals surface area contributed by atoms with Gasteiger partial charge in [0.05, 0.1) is 13.2 Å². The van der Waals surface area contributed by atoms with Crippen LogP contribution in [0.25, 0.3) is 0 Å². The maximum atomic E-state index is 5.99. The van der Waals surface area contributed by atoms with E-state index in [0.29, 0.717) is 5.92 Å². The molecule has 2 aliphatic rings. The first kappa shape index (κ1) is 11.0. The van der Waals surface area contributed by atoms with Gasteiger partial charge in [-0.05, 0) is 30.4 Å². The summed E-state index contributed by atoms with van der Waals surface area (Å²) in [4.78, 5) is 4.17. The Morgan fingerprint density at radius 3 is 2.59 bits per heavy atom. The van der Waals surface area contributed by atoms with Crippen LogP contribution in [0.3, 0.4) is 0 Å². The van der Waals surface area contributed by atoms with Crippen LogP contribution in [0.5, 0.6) is 0 Å². The largest absolute Gasteiger partial charge is 0.398 e. The summed E-state index contributed by atoms with van der Waals surface area (Å²) in [5, 5.41) is 0. The molecular weight excluding hydrogens is 216 g/mol. The molecule has 0 aromatic carbocycles. The summed E-state index contributed by atoms with van der Waals surface area (Å²) in [5.41, 5.74) is 8.03. The quantitative estimate of drug-likeness (QED) is 0.808. The van der Waals surface area contributed by atoms with Crippen molar-refractivity contribution in [3.05, 3.63) is 24.0 Å². The lowest BCUT2D eigenvalue weighted by atomic mass is 9.81. The fourth-order valence-corrected chi connectivity index (χ4v) is 2.91. The molecule has 1 spiro atoms. The van der Waals surface area contributed by atoms with Crippen molar-refractivity contribution in [3.8, 4) is 0 Å². The molecule has 0 radical (unpaired) electrons. The predicted octanol–water partition coefficient (Wildman–Crippen LogP) is 2.06. The molecule has 3 rings (SSSR count). The summed E-state index contributed by atoms with van der Waals surface area (Å²) in [6, 6.07) is 1.88. The van der Waals surface area contributed by atoms with Gasteiger partial charge in [-0.2, -0.15) is 0 Å². The Bertz CT molecular complexity index is 392. The van der Waals surface area contributed by atoms with Gasteiger partial charge in [0.15, 0.2) is 5.79 Å². The molecule has 0 amide bonds. The van der Waals surface area contributed by atoms with Gasteiger partial charge in [-0.1, -0.05) is 0 Å². The van der Waals surface area contributed by atoms with Crippen LogP contribution in [0, 0.1) is 0 Å². The van der Waals surface area contributed by atoms with E-state index in [0.717, 1.165) is 44.6 Å². The van der Waals surface area contributed by atoms with E-state index < -0.39 is 0 Å². The molecule has 0 unspecified atom stereocenters. The number of pyridine rings is 1. The van der Waals surface area contributed by atoms with Crippen molar-refractivity contribution >= 4 is 5.69 Å². The van der Waals surface area contributed by atoms with E-state index in [-0.39, 0.29) is 5.79 Å². The van der Waals surface area contributed by atoms with Gasteiger partial charge in [0.25, 0.3) is 0 Å². The zero-order valence-corrected chi connectivity index (χ0v) is 9.89. The number of nitrogen functional groups attached to an aromatic ring is 1. The summed E-state index contributed by atoms with van der Waals surface area (Å²) in [6.07, 6.45) is 7.70. The predicted molar refractivity (Wildman–Crippen MR) is 64.5 cm³/mol. The SMILES string of the molecule is Nc1ccncc1C1CCC2(CC1)OCCO2. The van der Waals surface area contributed by atoms with Crippen LogP contribution in [0.15, 0.2) is 18.5 Å². The first-order chi connectivity index (χ1) is 8.29. The second-order valence-corrected chi connectivity index (χ2v) is 4.89. The Labute approximate surface area is 101 Å². The van der Waals surface area contributed by atoms with Gasteiger partial charge in [0.1, 0.15) is 0 Å². The molecule has 1 aliphatic heterocycles. The molecule has 2 fully saturated rings. The summed E-state index contributed by atoms with van der Waals surface area (Å²) in [7, 11) is 0. The summed E-state index contributed by atoms with van der Waals surface area (Å²) >= 11 is 0. The van der Waals surface area contributed by atoms with Gasteiger partial charge in [0, 0.05) is 30.9 Å². The number of hydrogen-bond donors (Lipinski definition) is 1. The Morgan fingerprint density at radius 2 is 1.94 bits per heavy atom. The molecule has 4 heteroatoms. The van der Waals surface area contributed by atoms with E-state index in [2.05, 4.69) is 4.98 Å². The van der Waals surface area contributed by atoms with Crippen LogP contribution in [0.2, 0.25) is 0 Å². The maximum absolute atomic E-state index is 5.99. The van der Waals surface area contributed by atoms with Gasteiger partial charge in [-0.25, -0.2) is 0 Å². The van der Waals surface area contributed by atoms with E-state index >= 15 is 0 Å². The third kappa shape index (κ3) is 2.03. The molecule has 2 heterocycles. The molecule has 1 aromatic rings. The van der Waals surface area contributed by atoms with Crippen LogP contribution in [0.1, 0.15) is 37.2 Å². The minimum absolute atomic E-state index is 0.284. The highest BCUT2D eigenvalue weighted by Crippen LogP contribution is 2.43. The highest BCUT2D eigenvalue weighted by atomic mass is 16.7. The van der Waals surface area contributed by atoms with Crippen molar-refractivity contribution in [2.45, 2.75) is 37.4 Å². The van der Waals surface area contributed by atoms with Crippen LogP contribution in [-0.2, 0) is 9.47 Å². The molecule has 0 bridgehead atoms. The minimum Gasteiger partial charge on any atom is -0.398 e. The number of nitrogens with two attached hydrogens (primary N) is 1. The van der Waals surface area contributed by atoms with Gasteiger partial charge in [-0.15, -0.1) is 0 Å². The Morgan fingerprint density at radius 1 is 1.24 bits per heavy atom. The Hall–Kier alpha value is -1.13. The zero-order chi connectivity index (χ0) is 11.7. The van der Waals surface area contributed by atoms with Crippen molar-refractivity contribution in [3.63, 3.8) is 0 Å². The third-order valence-corrected chi connectivity index (χ3v) is 3.89. The standard InChI is InChI=1S/C13H18N2O2/c14-12-3-6-15-9-11(12)10-1-4-13(5-2-10)16-7-8-17-13/h3,6,9-10H,1-2,4-5,7-8H2,(H2,14,15). The molecule has 1 saturated heterocycles. The monoisotopic (exact) mass is 234 g/mol. The highest BCUT2D eigenvalue weighted by Gasteiger charge is 2.40. The molecule has 4 nitrogen and oxygen atoms in total. The average molecular weight is 234 g/mol. The second kappa shape index (κ2) is 4.27. The number of anilines is 1. The number of rotatable bonds is 1. The minimum atomic E-state index is -0.284. The molecule has 17 heavy (non-hydrogen) atoms. The first-order valence-electron chi connectivity index (χ1n) is 6.26. The van der Waals surface area contributed by atoms with Crippen LogP contribution >= 0.6 is 0 Å². The Kier molecular flexibility index (Phi) is 2.76. The van der Waals surface area contributed by atoms with Crippen molar-refractivity contribution in [1.82, 2.24) is 4.98 Å². The molecule has 0 atom stereocenters. The molecule has 1 aromatic heterocycles. The lowest BCUT2D eigenvalue weighted by Gasteiger charge is -2.35. The molecule has 2 N–H and O–H groups in total. The number of hydrogen-bond acceptors (Lipinski definition) is 4. The van der Waals surface area contributed by atoms with Gasteiger partial charge >= 0.3 is 0 Å². The number of nitrogens with zero attached hydrogens (tertiary/aromatic N) is 1. The van der Waals surface area contributed by atoms with Crippen molar-refractivity contribution in [1.29, 1.82) is 0 Å². The summed E-state index contributed by atoms with van der Waals surface area (Å²) in [6.45, 7) is 1.47. The number of ether oxygens (including phenoxy) is 2. The third-order valence-electron chi connectivity index (χ3n) is 3.89. The van der Waals surface area contributed by atoms with E-state index in [1.807, 2.05) is 12.3 Å². The molecular formula is C13H18N2O2. The molecule has 92 valence electrons. The van der Waals surface area contributed by atoms with Crippen molar-refractivity contribution < 1.29 is 9.47 Å². The van der Waals surface area contributed by atoms with Gasteiger partial charge in [-0.3, -0.25) is 4.98 Å². The van der Waals surface area contributed by atoms with E-state index in [4.69, 9.17) is 15.2 Å². The van der Waals surface area contributed by atoms with Gasteiger partial charge in [0.2, 0.25) is 0 Å². The van der Waals surface area contributed by atoms with Crippen LogP contribution in [-0.4, -0.2) is 24.0 Å². The summed E-state index contributed by atoms with van der Waals surface area (Å²) < 4.78 is 11.5. The first-order valence-corrected chi connectivity index (χ1v) is 6.26. The molecule has 1 saturated carbocycles. The molecule has 1 aliphatic carbocycles. The van der Waals surface area contributed by atoms with Gasteiger partial charge < -0.3 is 15.2 Å². The van der Waals surface area contributed by atoms with Crippen molar-refractivity contribution in [2.75, 3.05) is 18.9 Å². The zero-order valence-electron chi connectivity index (χ0n) is 9.89. The lowest BCUT2D eigenvalue weighted by molar-refractivity contribution is -0.178. The highest BCUT2D eigenvalue weighted by molar-refractivity contribution is 5.46. The average Bonchev–Trinajstić information content (AvgIpc) is 2.80.